The summed E-state index contributed by atoms with van der Waals surface area (Å²) in [5, 5.41) is 0. The van der Waals surface area contributed by atoms with E-state index in [-0.39, 0.29) is 5.52 Å². The molecule has 0 aliphatic rings. The molecule has 0 fully saturated rings. The van der Waals surface area contributed by atoms with Gasteiger partial charge in [0.15, 0.2) is 5.65 Å². The Morgan fingerprint density at radius 2 is 2.16 bits per heavy atom. The highest BCUT2D eigenvalue weighted by Crippen LogP contribution is 2.23. The molecule has 0 aromatic carbocycles. The van der Waals surface area contributed by atoms with Gasteiger partial charge in [0.25, 0.3) is 5.56 Å². The average Bonchev–Trinajstić information content (AvgIpc) is 3.01. The quantitative estimate of drug-likeness (QED) is 0.711. The van der Waals surface area contributed by atoms with Crippen molar-refractivity contribution >= 4 is 11.2 Å². The number of imidazole rings is 1. The lowest BCUT2D eigenvalue weighted by atomic mass is 10.2. The Hall–Kier alpha value is -2.57. The first-order chi connectivity index (χ1) is 9.11. The van der Waals surface area contributed by atoms with Crippen LogP contribution in [0.15, 0.2) is 26.3 Å². The van der Waals surface area contributed by atoms with Crippen molar-refractivity contribution in [1.82, 2.24) is 19.5 Å². The maximum absolute atomic E-state index is 11.7. The molecule has 3 aromatic rings. The standard InChI is InChI=1S/C12H12N4O3/c1-3-7-6(4-5-19-7)9-13-8-10(14-9)16(2)12(18)15-11(8)17/h4-5H,3H2,1-2H3,(H,13,14)(H,15,17,18). The lowest BCUT2D eigenvalue weighted by molar-refractivity contribution is 0.517. The highest BCUT2D eigenvalue weighted by atomic mass is 16.3. The summed E-state index contributed by atoms with van der Waals surface area (Å²) in [6.07, 6.45) is 2.29. The van der Waals surface area contributed by atoms with Gasteiger partial charge < -0.3 is 9.40 Å². The van der Waals surface area contributed by atoms with E-state index in [0.29, 0.717) is 17.9 Å². The average molecular weight is 260 g/mol. The molecule has 0 radical (unpaired) electrons. The molecular weight excluding hydrogens is 248 g/mol. The molecule has 0 amide bonds. The van der Waals surface area contributed by atoms with Crippen LogP contribution in [0.1, 0.15) is 12.7 Å². The number of aromatic nitrogens is 4. The zero-order valence-electron chi connectivity index (χ0n) is 10.5. The Morgan fingerprint density at radius 3 is 2.89 bits per heavy atom. The molecule has 0 saturated heterocycles. The molecule has 2 N–H and O–H groups in total. The minimum absolute atomic E-state index is 0.278. The van der Waals surface area contributed by atoms with Crippen LogP contribution in [-0.2, 0) is 13.5 Å². The van der Waals surface area contributed by atoms with E-state index in [0.717, 1.165) is 11.3 Å². The summed E-state index contributed by atoms with van der Waals surface area (Å²) < 4.78 is 6.63. The fourth-order valence-corrected chi connectivity index (χ4v) is 2.06. The maximum atomic E-state index is 11.7. The third kappa shape index (κ3) is 1.62. The van der Waals surface area contributed by atoms with Crippen molar-refractivity contribution < 1.29 is 4.42 Å². The molecule has 19 heavy (non-hydrogen) atoms. The zero-order valence-corrected chi connectivity index (χ0v) is 10.5. The smallest absolute Gasteiger partial charge is 0.329 e. The highest BCUT2D eigenvalue weighted by Gasteiger charge is 2.15. The topological polar surface area (TPSA) is 96.7 Å². The Balaban J connectivity index is 2.34. The molecule has 0 unspecified atom stereocenters. The van der Waals surface area contributed by atoms with E-state index in [9.17, 15) is 9.59 Å². The summed E-state index contributed by atoms with van der Waals surface area (Å²) in [6, 6.07) is 1.78. The normalized spacial score (nSPS) is 11.3. The number of aryl methyl sites for hydroxylation is 2. The lowest BCUT2D eigenvalue weighted by Gasteiger charge is -1.95. The Labute approximate surface area is 106 Å². The van der Waals surface area contributed by atoms with Gasteiger partial charge in [0.05, 0.1) is 11.8 Å². The van der Waals surface area contributed by atoms with Crippen LogP contribution in [0, 0.1) is 0 Å². The first-order valence-electron chi connectivity index (χ1n) is 5.87. The number of nitrogens with zero attached hydrogens (tertiary/aromatic N) is 2. The van der Waals surface area contributed by atoms with E-state index < -0.39 is 11.2 Å². The molecule has 7 heteroatoms. The van der Waals surface area contributed by atoms with Gasteiger partial charge >= 0.3 is 5.69 Å². The molecule has 98 valence electrons. The van der Waals surface area contributed by atoms with Crippen molar-refractivity contribution in [1.29, 1.82) is 0 Å². The van der Waals surface area contributed by atoms with Crippen LogP contribution in [0.3, 0.4) is 0 Å². The summed E-state index contributed by atoms with van der Waals surface area (Å²) in [4.78, 5) is 32.7. The lowest BCUT2D eigenvalue weighted by Crippen LogP contribution is -2.28. The van der Waals surface area contributed by atoms with Gasteiger partial charge in [-0.2, -0.15) is 0 Å². The Kier molecular flexibility index (Phi) is 2.41. The van der Waals surface area contributed by atoms with E-state index in [1.54, 1.807) is 19.4 Å². The SMILES string of the molecule is CCc1occc1-c1nc2c([nH]1)c(=O)[nH]c(=O)n2C. The summed E-state index contributed by atoms with van der Waals surface area (Å²) in [7, 11) is 1.56. The number of nitrogens with one attached hydrogen (secondary N) is 2. The predicted molar refractivity (Wildman–Crippen MR) is 69.0 cm³/mol. The summed E-state index contributed by atoms with van der Waals surface area (Å²) in [5.41, 5.74) is 0.440. The van der Waals surface area contributed by atoms with Crippen molar-refractivity contribution in [3.8, 4) is 11.4 Å². The number of rotatable bonds is 2. The van der Waals surface area contributed by atoms with Crippen molar-refractivity contribution in [2.75, 3.05) is 0 Å². The van der Waals surface area contributed by atoms with Crippen LogP contribution in [-0.4, -0.2) is 19.5 Å². The van der Waals surface area contributed by atoms with E-state index in [1.807, 2.05) is 6.92 Å². The van der Waals surface area contributed by atoms with E-state index >= 15 is 0 Å². The van der Waals surface area contributed by atoms with Crippen LogP contribution in [0.2, 0.25) is 0 Å². The first-order valence-corrected chi connectivity index (χ1v) is 5.87. The van der Waals surface area contributed by atoms with E-state index in [1.165, 1.54) is 4.57 Å². The second-order valence-electron chi connectivity index (χ2n) is 4.21. The molecule has 0 bridgehead atoms. The van der Waals surface area contributed by atoms with Crippen LogP contribution in [0.4, 0.5) is 0 Å². The molecule has 3 aromatic heterocycles. The second kappa shape index (κ2) is 3.98. The number of fused-ring (bicyclic) bond motifs is 1. The van der Waals surface area contributed by atoms with Gasteiger partial charge in [0.1, 0.15) is 17.1 Å². The number of H-pyrrole nitrogens is 2. The van der Waals surface area contributed by atoms with Crippen molar-refractivity contribution in [2.24, 2.45) is 7.05 Å². The van der Waals surface area contributed by atoms with Crippen LogP contribution < -0.4 is 11.2 Å². The Morgan fingerprint density at radius 1 is 1.37 bits per heavy atom. The fraction of sp³-hybridized carbons (Fsp3) is 0.250. The minimum Gasteiger partial charge on any atom is -0.469 e. The van der Waals surface area contributed by atoms with Gasteiger partial charge in [-0.05, 0) is 6.07 Å². The largest absolute Gasteiger partial charge is 0.469 e. The molecule has 3 heterocycles. The molecule has 0 atom stereocenters. The third-order valence-corrected chi connectivity index (χ3v) is 3.08. The van der Waals surface area contributed by atoms with Gasteiger partial charge in [0.2, 0.25) is 0 Å². The van der Waals surface area contributed by atoms with E-state index in [4.69, 9.17) is 4.42 Å². The van der Waals surface area contributed by atoms with Crippen molar-refractivity contribution in [3.63, 3.8) is 0 Å². The number of hydrogen-bond donors (Lipinski definition) is 2. The van der Waals surface area contributed by atoms with Gasteiger partial charge in [0, 0.05) is 13.5 Å². The van der Waals surface area contributed by atoms with Crippen LogP contribution in [0.5, 0.6) is 0 Å². The zero-order chi connectivity index (χ0) is 13.6. The van der Waals surface area contributed by atoms with Gasteiger partial charge in [-0.15, -0.1) is 0 Å². The number of hydrogen-bond acceptors (Lipinski definition) is 4. The summed E-state index contributed by atoms with van der Waals surface area (Å²) >= 11 is 0. The molecule has 0 aliphatic carbocycles. The first kappa shape index (κ1) is 11.5. The third-order valence-electron chi connectivity index (χ3n) is 3.08. The number of furan rings is 1. The van der Waals surface area contributed by atoms with Gasteiger partial charge in [-0.1, -0.05) is 6.92 Å². The molecule has 7 nitrogen and oxygen atoms in total. The summed E-state index contributed by atoms with van der Waals surface area (Å²) in [5.74, 6) is 1.30. The molecule has 3 rings (SSSR count). The molecular formula is C12H12N4O3. The monoisotopic (exact) mass is 260 g/mol. The minimum atomic E-state index is -0.488. The fourth-order valence-electron chi connectivity index (χ4n) is 2.06. The van der Waals surface area contributed by atoms with Crippen LogP contribution >= 0.6 is 0 Å². The second-order valence-corrected chi connectivity index (χ2v) is 4.21. The highest BCUT2D eigenvalue weighted by molar-refractivity contribution is 5.75. The molecule has 0 spiro atoms. The van der Waals surface area contributed by atoms with E-state index in [2.05, 4.69) is 15.0 Å². The molecule has 0 saturated carbocycles. The summed E-state index contributed by atoms with van der Waals surface area (Å²) in [6.45, 7) is 1.97. The maximum Gasteiger partial charge on any atom is 0.329 e. The van der Waals surface area contributed by atoms with Crippen molar-refractivity contribution in [2.45, 2.75) is 13.3 Å². The predicted octanol–water partition coefficient (Wildman–Crippen LogP) is 0.772. The number of aromatic amines is 2. The van der Waals surface area contributed by atoms with Crippen molar-refractivity contribution in [3.05, 3.63) is 38.9 Å². The molecule has 0 aliphatic heterocycles. The van der Waals surface area contributed by atoms with Gasteiger partial charge in [-0.3, -0.25) is 14.3 Å². The Bertz CT molecular complexity index is 865. The van der Waals surface area contributed by atoms with Crippen LogP contribution in [0.25, 0.3) is 22.6 Å². The van der Waals surface area contributed by atoms with Gasteiger partial charge in [-0.25, -0.2) is 9.78 Å².